The first-order chi connectivity index (χ1) is 12.5. The number of hydrogen-bond donors (Lipinski definition) is 1. The Bertz CT molecular complexity index is 890. The lowest BCUT2D eigenvalue weighted by Gasteiger charge is -2.16. The highest BCUT2D eigenvalue weighted by Crippen LogP contribution is 2.31. The molecule has 1 atom stereocenters. The summed E-state index contributed by atoms with van der Waals surface area (Å²) in [6, 6.07) is 12.5. The molecular formula is C18H15ClFN3O2S. The van der Waals surface area contributed by atoms with Crippen LogP contribution in [0.25, 0.3) is 0 Å². The number of halogens is 2. The van der Waals surface area contributed by atoms with E-state index in [1.807, 2.05) is 0 Å². The number of anilines is 2. The topological polar surface area (TPSA) is 61.8 Å². The number of benzene rings is 2. The molecule has 0 aromatic heterocycles. The summed E-state index contributed by atoms with van der Waals surface area (Å²) in [7, 11) is 1.56. The van der Waals surface area contributed by atoms with Gasteiger partial charge >= 0.3 is 0 Å². The summed E-state index contributed by atoms with van der Waals surface area (Å²) in [5.74, 6) is -1.00. The van der Waals surface area contributed by atoms with Gasteiger partial charge in [-0.2, -0.15) is 0 Å². The molecule has 26 heavy (non-hydrogen) atoms. The molecule has 1 aliphatic heterocycles. The number of thioether (sulfide) groups is 1. The fraction of sp³-hybridized carbons (Fsp3) is 0.167. The van der Waals surface area contributed by atoms with Crippen LogP contribution in [0.3, 0.4) is 0 Å². The number of amidine groups is 1. The Balaban J connectivity index is 1.73. The van der Waals surface area contributed by atoms with Gasteiger partial charge in [-0.3, -0.25) is 14.6 Å². The lowest BCUT2D eigenvalue weighted by Crippen LogP contribution is -2.31. The Morgan fingerprint density at radius 2 is 2.04 bits per heavy atom. The smallest absolute Gasteiger partial charge is 0.247 e. The van der Waals surface area contributed by atoms with Crippen molar-refractivity contribution in [1.29, 1.82) is 0 Å². The Hall–Kier alpha value is -2.38. The van der Waals surface area contributed by atoms with Crippen molar-refractivity contribution in [3.63, 3.8) is 0 Å². The maximum absolute atomic E-state index is 13.3. The minimum Gasteiger partial charge on any atom is -0.335 e. The van der Waals surface area contributed by atoms with Crippen molar-refractivity contribution < 1.29 is 14.0 Å². The second-order valence-corrected chi connectivity index (χ2v) is 7.15. The van der Waals surface area contributed by atoms with Gasteiger partial charge < -0.3 is 5.32 Å². The summed E-state index contributed by atoms with van der Waals surface area (Å²) in [5, 5.41) is 3.23. The highest BCUT2D eigenvalue weighted by molar-refractivity contribution is 8.15. The summed E-state index contributed by atoms with van der Waals surface area (Å²) in [6.45, 7) is 0. The molecule has 0 bridgehead atoms. The number of carbonyl (C=O) groups is 2. The van der Waals surface area contributed by atoms with Crippen LogP contribution in [0.2, 0.25) is 5.02 Å². The van der Waals surface area contributed by atoms with Crippen LogP contribution >= 0.6 is 23.4 Å². The Morgan fingerprint density at radius 3 is 2.73 bits per heavy atom. The molecule has 0 saturated carbocycles. The van der Waals surface area contributed by atoms with Crippen LogP contribution in [-0.2, 0) is 9.59 Å². The number of aliphatic imine (C=N–C) groups is 1. The summed E-state index contributed by atoms with van der Waals surface area (Å²) < 4.78 is 13.3. The third kappa shape index (κ3) is 4.05. The molecule has 134 valence electrons. The van der Waals surface area contributed by atoms with Crippen molar-refractivity contribution in [2.75, 3.05) is 17.3 Å². The van der Waals surface area contributed by atoms with E-state index in [4.69, 9.17) is 11.6 Å². The quantitative estimate of drug-likeness (QED) is 0.489. The SMILES string of the molecule is CN=C(Nc1cccc(F)c1)S[C@H]1CC(=O)N(c2cccc(Cl)c2)C1=O. The van der Waals surface area contributed by atoms with Crippen LogP contribution in [0, 0.1) is 5.82 Å². The van der Waals surface area contributed by atoms with Crippen molar-refractivity contribution in [1.82, 2.24) is 0 Å². The largest absolute Gasteiger partial charge is 0.335 e. The van der Waals surface area contributed by atoms with E-state index >= 15 is 0 Å². The van der Waals surface area contributed by atoms with Gasteiger partial charge in [0.05, 0.1) is 5.69 Å². The van der Waals surface area contributed by atoms with Crippen LogP contribution in [0.1, 0.15) is 6.42 Å². The van der Waals surface area contributed by atoms with Crippen molar-refractivity contribution >= 4 is 51.7 Å². The van der Waals surface area contributed by atoms with Gasteiger partial charge in [0.15, 0.2) is 5.17 Å². The van der Waals surface area contributed by atoms with E-state index in [0.717, 1.165) is 16.7 Å². The molecule has 8 heteroatoms. The number of nitrogens with zero attached hydrogens (tertiary/aromatic N) is 2. The molecule has 2 amide bonds. The van der Waals surface area contributed by atoms with Crippen LogP contribution in [0.15, 0.2) is 53.5 Å². The van der Waals surface area contributed by atoms with Crippen molar-refractivity contribution in [2.45, 2.75) is 11.7 Å². The van der Waals surface area contributed by atoms with E-state index in [9.17, 15) is 14.0 Å². The summed E-state index contributed by atoms with van der Waals surface area (Å²) in [6.07, 6.45) is 0.0554. The standard InChI is InChI=1S/C18H15ClFN3O2S/c1-21-18(22-13-6-3-5-12(20)9-13)26-15-10-16(24)23(17(15)25)14-7-2-4-11(19)8-14/h2-9,15H,10H2,1H3,(H,21,22)/t15-/m0/s1. The molecule has 2 aromatic rings. The summed E-state index contributed by atoms with van der Waals surface area (Å²) in [5.41, 5.74) is 0.963. The summed E-state index contributed by atoms with van der Waals surface area (Å²) >= 11 is 7.09. The predicted molar refractivity (Wildman–Crippen MR) is 103 cm³/mol. The Kier molecular flexibility index (Phi) is 5.58. The number of rotatable bonds is 3. The zero-order chi connectivity index (χ0) is 18.7. The van der Waals surface area contributed by atoms with E-state index in [1.165, 1.54) is 12.1 Å². The monoisotopic (exact) mass is 391 g/mol. The summed E-state index contributed by atoms with van der Waals surface area (Å²) in [4.78, 5) is 30.2. The van der Waals surface area contributed by atoms with Gasteiger partial charge in [-0.05, 0) is 36.4 Å². The minimum absolute atomic E-state index is 0.0554. The molecule has 2 aromatic carbocycles. The normalized spacial score (nSPS) is 17.7. The molecule has 1 N–H and O–H groups in total. The number of nitrogens with one attached hydrogen (secondary N) is 1. The molecule has 1 heterocycles. The number of carbonyl (C=O) groups excluding carboxylic acids is 2. The first kappa shape index (κ1) is 18.4. The first-order valence-electron chi connectivity index (χ1n) is 7.76. The van der Waals surface area contributed by atoms with Gasteiger partial charge in [-0.1, -0.05) is 35.5 Å². The van der Waals surface area contributed by atoms with Crippen LogP contribution in [0.4, 0.5) is 15.8 Å². The van der Waals surface area contributed by atoms with Crippen LogP contribution in [0.5, 0.6) is 0 Å². The number of imide groups is 1. The lowest BCUT2D eigenvalue weighted by atomic mass is 10.3. The first-order valence-corrected chi connectivity index (χ1v) is 9.02. The van der Waals surface area contributed by atoms with Crippen molar-refractivity contribution in [3.05, 3.63) is 59.4 Å². The third-order valence-electron chi connectivity index (χ3n) is 3.70. The predicted octanol–water partition coefficient (Wildman–Crippen LogP) is 3.94. The Morgan fingerprint density at radius 1 is 1.27 bits per heavy atom. The minimum atomic E-state index is -0.610. The van der Waals surface area contributed by atoms with Crippen molar-refractivity contribution in [3.8, 4) is 0 Å². The highest BCUT2D eigenvalue weighted by Gasteiger charge is 2.40. The highest BCUT2D eigenvalue weighted by atomic mass is 35.5. The fourth-order valence-corrected chi connectivity index (χ4v) is 3.71. The number of amides is 2. The van der Waals surface area contributed by atoms with E-state index in [1.54, 1.807) is 43.4 Å². The molecule has 0 radical (unpaired) electrons. The van der Waals surface area contributed by atoms with E-state index in [-0.39, 0.29) is 24.1 Å². The molecule has 0 aliphatic carbocycles. The zero-order valence-electron chi connectivity index (χ0n) is 13.8. The van der Waals surface area contributed by atoms with Gasteiger partial charge in [0.1, 0.15) is 11.1 Å². The molecule has 1 saturated heterocycles. The van der Waals surface area contributed by atoms with E-state index < -0.39 is 5.25 Å². The Labute approximate surface area is 159 Å². The average Bonchev–Trinajstić information content (AvgIpc) is 2.88. The lowest BCUT2D eigenvalue weighted by molar-refractivity contribution is -0.121. The van der Waals surface area contributed by atoms with Gasteiger partial charge in [-0.15, -0.1) is 0 Å². The molecule has 0 unspecified atom stereocenters. The zero-order valence-corrected chi connectivity index (χ0v) is 15.4. The molecule has 3 rings (SSSR count). The maximum Gasteiger partial charge on any atom is 0.247 e. The second-order valence-electron chi connectivity index (χ2n) is 5.52. The van der Waals surface area contributed by atoms with E-state index in [0.29, 0.717) is 21.6 Å². The second kappa shape index (κ2) is 7.88. The maximum atomic E-state index is 13.3. The van der Waals surface area contributed by atoms with Crippen LogP contribution < -0.4 is 10.2 Å². The molecule has 1 fully saturated rings. The van der Waals surface area contributed by atoms with E-state index in [2.05, 4.69) is 10.3 Å². The molecular weight excluding hydrogens is 377 g/mol. The third-order valence-corrected chi connectivity index (χ3v) is 5.10. The average molecular weight is 392 g/mol. The van der Waals surface area contributed by atoms with Gasteiger partial charge in [-0.25, -0.2) is 9.29 Å². The molecule has 1 aliphatic rings. The number of hydrogen-bond acceptors (Lipinski definition) is 4. The van der Waals surface area contributed by atoms with Crippen molar-refractivity contribution in [2.24, 2.45) is 4.99 Å². The molecule has 5 nitrogen and oxygen atoms in total. The van der Waals surface area contributed by atoms with Gasteiger partial charge in [0.25, 0.3) is 0 Å². The van der Waals surface area contributed by atoms with Gasteiger partial charge in [0, 0.05) is 24.2 Å². The fourth-order valence-electron chi connectivity index (χ4n) is 2.55. The van der Waals surface area contributed by atoms with Gasteiger partial charge in [0.2, 0.25) is 11.8 Å². The molecule has 0 spiro atoms. The van der Waals surface area contributed by atoms with Crippen LogP contribution in [-0.4, -0.2) is 29.3 Å².